The predicted molar refractivity (Wildman–Crippen MR) is 90.4 cm³/mol. The molecule has 0 aliphatic rings. The third kappa shape index (κ3) is 3.20. The topological polar surface area (TPSA) is 54.0 Å². The molecule has 7 heteroatoms. The van der Waals surface area contributed by atoms with Gasteiger partial charge in [0.25, 0.3) is 0 Å². The molecule has 2 N–H and O–H groups in total. The molecule has 22 heavy (non-hydrogen) atoms. The molecule has 3 aromatic rings. The molecule has 0 spiro atoms. The highest BCUT2D eigenvalue weighted by atomic mass is 32.2. The number of hydrogen-bond donors (Lipinski definition) is 2. The fourth-order valence-electron chi connectivity index (χ4n) is 1.93. The van der Waals surface area contributed by atoms with Crippen molar-refractivity contribution in [3.05, 3.63) is 48.3 Å². The van der Waals surface area contributed by atoms with E-state index in [-0.39, 0.29) is 5.82 Å². The Morgan fingerprint density at radius 2 is 1.95 bits per heavy atom. The number of thioether (sulfide) groups is 1. The minimum atomic E-state index is -0.406. The number of rotatable bonds is 3. The van der Waals surface area contributed by atoms with Crippen molar-refractivity contribution in [3.63, 3.8) is 0 Å². The summed E-state index contributed by atoms with van der Waals surface area (Å²) >= 11 is 3.03. The third-order valence-electron chi connectivity index (χ3n) is 2.92. The second-order valence-corrected chi connectivity index (χ2v) is 6.29. The van der Waals surface area contributed by atoms with Gasteiger partial charge in [0.1, 0.15) is 5.82 Å². The smallest absolute Gasteiger partial charge is 0.308 e. The molecule has 0 fully saturated rings. The van der Waals surface area contributed by atoms with Crippen LogP contribution in [0.5, 0.6) is 0 Å². The number of benzene rings is 2. The summed E-state index contributed by atoms with van der Waals surface area (Å²) < 4.78 is 13.8. The van der Waals surface area contributed by atoms with Gasteiger partial charge in [0.2, 0.25) is 0 Å². The fourth-order valence-corrected chi connectivity index (χ4v) is 3.45. The minimum Gasteiger partial charge on any atom is -0.308 e. The Morgan fingerprint density at radius 3 is 2.68 bits per heavy atom. The zero-order valence-electron chi connectivity index (χ0n) is 11.6. The van der Waals surface area contributed by atoms with Crippen molar-refractivity contribution in [1.82, 2.24) is 4.98 Å². The molecule has 2 aromatic carbocycles. The number of fused-ring (bicyclic) bond motifs is 1. The molecule has 0 radical (unpaired) electrons. The lowest BCUT2D eigenvalue weighted by Gasteiger charge is -2.04. The number of halogens is 1. The Labute approximate surface area is 134 Å². The Balaban J connectivity index is 1.75. The van der Waals surface area contributed by atoms with Gasteiger partial charge in [-0.1, -0.05) is 17.4 Å². The summed E-state index contributed by atoms with van der Waals surface area (Å²) in [4.78, 5) is 17.5. The maximum Gasteiger partial charge on any atom is 0.325 e. The van der Waals surface area contributed by atoms with E-state index in [1.54, 1.807) is 11.8 Å². The Bertz CT molecular complexity index is 817. The summed E-state index contributed by atoms with van der Waals surface area (Å²) in [5.41, 5.74) is 1.40. The van der Waals surface area contributed by atoms with Crippen molar-refractivity contribution >= 4 is 50.2 Å². The van der Waals surface area contributed by atoms with Crippen LogP contribution in [0.25, 0.3) is 10.2 Å². The molecule has 0 aliphatic heterocycles. The van der Waals surface area contributed by atoms with Crippen molar-refractivity contribution in [2.24, 2.45) is 0 Å². The third-order valence-corrected chi connectivity index (χ3v) is 4.63. The summed E-state index contributed by atoms with van der Waals surface area (Å²) in [6.45, 7) is 0. The molecule has 0 unspecified atom stereocenters. The Hall–Kier alpha value is -2.12. The van der Waals surface area contributed by atoms with Crippen LogP contribution in [0.2, 0.25) is 0 Å². The van der Waals surface area contributed by atoms with Crippen LogP contribution in [-0.2, 0) is 0 Å². The van der Waals surface area contributed by atoms with E-state index in [0.717, 1.165) is 15.1 Å². The molecule has 0 saturated heterocycles. The van der Waals surface area contributed by atoms with Crippen molar-refractivity contribution in [2.45, 2.75) is 4.90 Å². The first kappa shape index (κ1) is 14.8. The monoisotopic (exact) mass is 333 g/mol. The first-order chi connectivity index (χ1) is 10.7. The van der Waals surface area contributed by atoms with Gasteiger partial charge in [0.05, 0.1) is 10.2 Å². The van der Waals surface area contributed by atoms with E-state index in [2.05, 4.69) is 15.6 Å². The molecule has 2 amide bonds. The average molecular weight is 333 g/mol. The molecule has 3 rings (SSSR count). The predicted octanol–water partition coefficient (Wildman–Crippen LogP) is 4.80. The highest BCUT2D eigenvalue weighted by molar-refractivity contribution is 7.98. The number of urea groups is 1. The summed E-state index contributed by atoms with van der Waals surface area (Å²) in [7, 11) is 0. The lowest BCUT2D eigenvalue weighted by atomic mass is 10.3. The van der Waals surface area contributed by atoms with Crippen LogP contribution in [0.1, 0.15) is 0 Å². The van der Waals surface area contributed by atoms with Crippen LogP contribution in [0.4, 0.5) is 20.0 Å². The van der Waals surface area contributed by atoms with E-state index < -0.39 is 6.03 Å². The first-order valence-corrected chi connectivity index (χ1v) is 8.47. The zero-order valence-corrected chi connectivity index (χ0v) is 13.2. The standard InChI is InChI=1S/C15H12FN3OS2/c1-21-11-3-2-4-12-13(11)18-15(22-12)19-14(20)17-10-7-5-9(16)6-8-10/h2-8H,1H3,(H2,17,18,19,20). The van der Waals surface area contributed by atoms with Crippen LogP contribution in [0.3, 0.4) is 0 Å². The van der Waals surface area contributed by atoms with Crippen molar-refractivity contribution in [3.8, 4) is 0 Å². The number of thiazole rings is 1. The van der Waals surface area contributed by atoms with Gasteiger partial charge in [-0.05, 0) is 42.7 Å². The first-order valence-electron chi connectivity index (χ1n) is 6.43. The van der Waals surface area contributed by atoms with Gasteiger partial charge >= 0.3 is 6.03 Å². The molecule has 0 atom stereocenters. The molecule has 0 aliphatic carbocycles. The second-order valence-electron chi connectivity index (χ2n) is 4.41. The molecule has 0 saturated carbocycles. The summed E-state index contributed by atoms with van der Waals surface area (Å²) in [5, 5.41) is 5.86. The van der Waals surface area contributed by atoms with Gasteiger partial charge in [-0.15, -0.1) is 11.8 Å². The average Bonchev–Trinajstić information content (AvgIpc) is 2.91. The van der Waals surface area contributed by atoms with Gasteiger partial charge in [-0.3, -0.25) is 5.32 Å². The Kier molecular flexibility index (Phi) is 4.26. The van der Waals surface area contributed by atoms with E-state index in [1.807, 2.05) is 24.5 Å². The van der Waals surface area contributed by atoms with E-state index in [1.165, 1.54) is 35.6 Å². The highest BCUT2D eigenvalue weighted by Crippen LogP contribution is 2.32. The van der Waals surface area contributed by atoms with Crippen LogP contribution in [-0.4, -0.2) is 17.3 Å². The highest BCUT2D eigenvalue weighted by Gasteiger charge is 2.10. The lowest BCUT2D eigenvalue weighted by Crippen LogP contribution is -2.19. The number of para-hydroxylation sites is 1. The molecule has 1 heterocycles. The second kappa shape index (κ2) is 6.33. The number of nitrogens with one attached hydrogen (secondary N) is 2. The number of hydrogen-bond acceptors (Lipinski definition) is 4. The van der Waals surface area contributed by atoms with E-state index in [0.29, 0.717) is 10.8 Å². The van der Waals surface area contributed by atoms with Crippen LogP contribution in [0, 0.1) is 5.82 Å². The van der Waals surface area contributed by atoms with Crippen molar-refractivity contribution in [1.29, 1.82) is 0 Å². The number of anilines is 2. The maximum absolute atomic E-state index is 12.8. The zero-order chi connectivity index (χ0) is 15.5. The summed E-state index contributed by atoms with van der Waals surface area (Å²) in [6.07, 6.45) is 1.99. The molecule has 112 valence electrons. The number of nitrogens with zero attached hydrogens (tertiary/aromatic N) is 1. The van der Waals surface area contributed by atoms with Gasteiger partial charge in [0.15, 0.2) is 5.13 Å². The maximum atomic E-state index is 12.8. The lowest BCUT2D eigenvalue weighted by molar-refractivity contribution is 0.262. The van der Waals surface area contributed by atoms with Gasteiger partial charge in [-0.2, -0.15) is 0 Å². The molecule has 0 bridgehead atoms. The molecular formula is C15H12FN3OS2. The molecular weight excluding hydrogens is 321 g/mol. The van der Waals surface area contributed by atoms with E-state index in [9.17, 15) is 9.18 Å². The van der Waals surface area contributed by atoms with Gasteiger partial charge in [-0.25, -0.2) is 14.2 Å². The number of amides is 2. The van der Waals surface area contributed by atoms with E-state index >= 15 is 0 Å². The minimum absolute atomic E-state index is 0.346. The van der Waals surface area contributed by atoms with Crippen LogP contribution >= 0.6 is 23.1 Å². The number of carbonyl (C=O) groups excluding carboxylic acids is 1. The SMILES string of the molecule is CSc1cccc2sc(NC(=O)Nc3ccc(F)cc3)nc12. The Morgan fingerprint density at radius 1 is 1.18 bits per heavy atom. The number of aromatic nitrogens is 1. The van der Waals surface area contributed by atoms with Gasteiger partial charge in [0, 0.05) is 10.6 Å². The molecule has 1 aromatic heterocycles. The van der Waals surface area contributed by atoms with Crippen molar-refractivity contribution in [2.75, 3.05) is 16.9 Å². The van der Waals surface area contributed by atoms with Crippen LogP contribution < -0.4 is 10.6 Å². The van der Waals surface area contributed by atoms with E-state index in [4.69, 9.17) is 0 Å². The fraction of sp³-hybridized carbons (Fsp3) is 0.0667. The number of carbonyl (C=O) groups is 1. The van der Waals surface area contributed by atoms with Crippen molar-refractivity contribution < 1.29 is 9.18 Å². The van der Waals surface area contributed by atoms with Crippen LogP contribution in [0.15, 0.2) is 47.4 Å². The summed E-state index contributed by atoms with van der Waals surface area (Å²) in [5.74, 6) is -0.346. The molecule has 4 nitrogen and oxygen atoms in total. The van der Waals surface area contributed by atoms with Gasteiger partial charge < -0.3 is 5.32 Å². The quantitative estimate of drug-likeness (QED) is 0.677. The normalized spacial score (nSPS) is 10.6. The largest absolute Gasteiger partial charge is 0.325 e. The summed E-state index contributed by atoms with van der Waals surface area (Å²) in [6, 6.07) is 11.1.